The molecule has 0 saturated heterocycles. The Morgan fingerprint density at radius 1 is 0.758 bits per heavy atom. The van der Waals surface area contributed by atoms with Crippen molar-refractivity contribution in [2.24, 2.45) is 0 Å². The van der Waals surface area contributed by atoms with Crippen LogP contribution in [0, 0.1) is 13.8 Å². The second kappa shape index (κ2) is 8.94. The molecule has 0 N–H and O–H groups in total. The van der Waals surface area contributed by atoms with E-state index in [-0.39, 0.29) is 11.8 Å². The van der Waals surface area contributed by atoms with Gasteiger partial charge in [0.15, 0.2) is 0 Å². The van der Waals surface area contributed by atoms with Crippen LogP contribution in [-0.2, 0) is 9.59 Å². The number of benzene rings is 3. The van der Waals surface area contributed by atoms with Crippen molar-refractivity contribution in [3.8, 4) is 0 Å². The Kier molecular flexibility index (Phi) is 6.05. The molecule has 3 aromatic carbocycles. The summed E-state index contributed by atoms with van der Waals surface area (Å²) < 4.78 is 0. The summed E-state index contributed by atoms with van der Waals surface area (Å²) in [5, 5.41) is 0. The lowest BCUT2D eigenvalue weighted by Gasteiger charge is -2.25. The van der Waals surface area contributed by atoms with Crippen LogP contribution in [-0.4, -0.2) is 32.5 Å². The van der Waals surface area contributed by atoms with Gasteiger partial charge in [0, 0.05) is 32.0 Å². The van der Waals surface area contributed by atoms with E-state index in [0.717, 1.165) is 28.1 Å². The molecule has 0 fully saturated rings. The number of amides is 2. The Morgan fingerprint density at radius 3 is 2.00 bits per heavy atom. The Bertz CT molecular complexity index is 1230. The van der Waals surface area contributed by atoms with E-state index in [1.54, 1.807) is 0 Å². The molecule has 0 aromatic heterocycles. The number of para-hydroxylation sites is 1. The molecule has 1 heterocycles. The predicted molar refractivity (Wildman–Crippen MR) is 136 cm³/mol. The van der Waals surface area contributed by atoms with Gasteiger partial charge >= 0.3 is 0 Å². The van der Waals surface area contributed by atoms with Crippen LogP contribution < -0.4 is 14.7 Å². The molecule has 4 rings (SSSR count). The van der Waals surface area contributed by atoms with Crippen LogP contribution in [0.1, 0.15) is 23.6 Å². The minimum Gasteiger partial charge on any atom is -0.378 e. The number of hydrogen-bond acceptors (Lipinski definition) is 4. The van der Waals surface area contributed by atoms with Crippen molar-refractivity contribution < 1.29 is 9.59 Å². The molecule has 5 nitrogen and oxygen atoms in total. The van der Waals surface area contributed by atoms with E-state index >= 15 is 0 Å². The number of rotatable bonds is 6. The van der Waals surface area contributed by atoms with Gasteiger partial charge < -0.3 is 9.80 Å². The van der Waals surface area contributed by atoms with Gasteiger partial charge in [-0.25, -0.2) is 4.90 Å². The average Bonchev–Trinajstić information content (AvgIpc) is 3.07. The summed E-state index contributed by atoms with van der Waals surface area (Å²) >= 11 is 0. The normalized spacial score (nSPS) is 13.7. The standard InChI is InChI=1S/C28H29N3O2/c1-6-30(23-10-8-7-9-11-23)26-25(21-13-12-19(2)20(3)18-21)27(32)31(28(26)33)24-16-14-22(15-17-24)29(4)5/h7-18H,6H2,1-5H3. The van der Waals surface area contributed by atoms with Gasteiger partial charge in [0.25, 0.3) is 11.8 Å². The topological polar surface area (TPSA) is 43.9 Å². The van der Waals surface area contributed by atoms with Crippen molar-refractivity contribution in [3.63, 3.8) is 0 Å². The molecule has 1 aliphatic rings. The maximum atomic E-state index is 13.8. The molecule has 168 valence electrons. The molecule has 5 heteroatoms. The molecule has 0 atom stereocenters. The van der Waals surface area contributed by atoms with Crippen LogP contribution in [0.2, 0.25) is 0 Å². The molecule has 2 amide bonds. The smallest absolute Gasteiger partial charge is 0.282 e. The summed E-state index contributed by atoms with van der Waals surface area (Å²) in [6, 6.07) is 23.1. The van der Waals surface area contributed by atoms with Crippen LogP contribution >= 0.6 is 0 Å². The third kappa shape index (κ3) is 4.02. The first-order valence-corrected chi connectivity index (χ1v) is 11.1. The Balaban J connectivity index is 1.88. The summed E-state index contributed by atoms with van der Waals surface area (Å²) in [6.07, 6.45) is 0. The van der Waals surface area contributed by atoms with Crippen molar-refractivity contribution in [1.29, 1.82) is 0 Å². The third-order valence-corrected chi connectivity index (χ3v) is 6.13. The zero-order chi connectivity index (χ0) is 23.7. The van der Waals surface area contributed by atoms with Gasteiger partial charge in [-0.05, 0) is 73.9 Å². The lowest BCUT2D eigenvalue weighted by atomic mass is 9.99. The van der Waals surface area contributed by atoms with E-state index in [2.05, 4.69) is 0 Å². The lowest BCUT2D eigenvalue weighted by Crippen LogP contribution is -2.35. The fourth-order valence-electron chi connectivity index (χ4n) is 4.14. The fourth-order valence-corrected chi connectivity index (χ4v) is 4.14. The number of anilines is 3. The number of aryl methyl sites for hydroxylation is 2. The van der Waals surface area contributed by atoms with Gasteiger partial charge in [-0.2, -0.15) is 0 Å². The molecular weight excluding hydrogens is 410 g/mol. The van der Waals surface area contributed by atoms with Crippen LogP contribution in [0.15, 0.2) is 78.5 Å². The lowest BCUT2D eigenvalue weighted by molar-refractivity contribution is -0.120. The van der Waals surface area contributed by atoms with Crippen LogP contribution in [0.4, 0.5) is 17.1 Å². The Labute approximate surface area is 195 Å². The zero-order valence-corrected chi connectivity index (χ0v) is 19.8. The van der Waals surface area contributed by atoms with Crippen LogP contribution in [0.25, 0.3) is 5.57 Å². The van der Waals surface area contributed by atoms with Crippen molar-refractivity contribution >= 4 is 34.4 Å². The second-order valence-electron chi connectivity index (χ2n) is 8.46. The van der Waals surface area contributed by atoms with Crippen molar-refractivity contribution in [3.05, 3.63) is 95.2 Å². The van der Waals surface area contributed by atoms with Gasteiger partial charge in [-0.3, -0.25) is 9.59 Å². The average molecular weight is 440 g/mol. The molecule has 3 aromatic rings. The van der Waals surface area contributed by atoms with E-state index in [4.69, 9.17) is 0 Å². The van der Waals surface area contributed by atoms with E-state index in [9.17, 15) is 9.59 Å². The fraction of sp³-hybridized carbons (Fsp3) is 0.214. The van der Waals surface area contributed by atoms with Crippen LogP contribution in [0.5, 0.6) is 0 Å². The van der Waals surface area contributed by atoms with Gasteiger partial charge in [-0.15, -0.1) is 0 Å². The number of likely N-dealkylation sites (N-methyl/N-ethyl adjacent to an activating group) is 1. The summed E-state index contributed by atoms with van der Waals surface area (Å²) in [6.45, 7) is 6.61. The molecule has 33 heavy (non-hydrogen) atoms. The largest absolute Gasteiger partial charge is 0.378 e. The molecule has 0 aliphatic carbocycles. The quantitative estimate of drug-likeness (QED) is 0.497. The maximum absolute atomic E-state index is 13.8. The highest BCUT2D eigenvalue weighted by atomic mass is 16.2. The third-order valence-electron chi connectivity index (χ3n) is 6.13. The summed E-state index contributed by atoms with van der Waals surface area (Å²) in [4.78, 5) is 32.9. The number of hydrogen-bond donors (Lipinski definition) is 0. The van der Waals surface area contributed by atoms with Gasteiger partial charge in [0.05, 0.1) is 11.3 Å². The number of carbonyl (C=O) groups is 2. The number of nitrogens with zero attached hydrogens (tertiary/aromatic N) is 3. The SMILES string of the molecule is CCN(C1=C(c2ccc(C)c(C)c2)C(=O)N(c2ccc(N(C)C)cc2)C1=O)c1ccccc1. The highest BCUT2D eigenvalue weighted by Gasteiger charge is 2.42. The molecule has 0 radical (unpaired) electrons. The van der Waals surface area contributed by atoms with E-state index in [1.807, 2.05) is 117 Å². The molecule has 1 aliphatic heterocycles. The number of carbonyl (C=O) groups excluding carboxylic acids is 2. The number of imide groups is 1. The minimum atomic E-state index is -0.309. The highest BCUT2D eigenvalue weighted by Crippen LogP contribution is 2.37. The molecule has 0 spiro atoms. The zero-order valence-electron chi connectivity index (χ0n) is 19.8. The van der Waals surface area contributed by atoms with E-state index in [0.29, 0.717) is 23.5 Å². The van der Waals surface area contributed by atoms with E-state index < -0.39 is 0 Å². The Hall–Kier alpha value is -3.86. The molecule has 0 unspecified atom stereocenters. The first kappa shape index (κ1) is 22.3. The molecule has 0 bridgehead atoms. The highest BCUT2D eigenvalue weighted by molar-refractivity contribution is 6.46. The monoisotopic (exact) mass is 439 g/mol. The Morgan fingerprint density at radius 2 is 1.42 bits per heavy atom. The van der Waals surface area contributed by atoms with Crippen molar-refractivity contribution in [2.45, 2.75) is 20.8 Å². The molecule has 0 saturated carbocycles. The first-order valence-electron chi connectivity index (χ1n) is 11.1. The van der Waals surface area contributed by atoms with Crippen LogP contribution in [0.3, 0.4) is 0 Å². The van der Waals surface area contributed by atoms with Gasteiger partial charge in [-0.1, -0.05) is 36.4 Å². The van der Waals surface area contributed by atoms with Crippen molar-refractivity contribution in [1.82, 2.24) is 0 Å². The summed E-state index contributed by atoms with van der Waals surface area (Å²) in [5.74, 6) is -0.609. The maximum Gasteiger partial charge on any atom is 0.282 e. The second-order valence-corrected chi connectivity index (χ2v) is 8.46. The van der Waals surface area contributed by atoms with Gasteiger partial charge in [0.1, 0.15) is 5.70 Å². The van der Waals surface area contributed by atoms with Gasteiger partial charge in [0.2, 0.25) is 0 Å². The molecular formula is C28H29N3O2. The minimum absolute atomic E-state index is 0.301. The predicted octanol–water partition coefficient (Wildman–Crippen LogP) is 5.18. The first-order chi connectivity index (χ1) is 15.8. The summed E-state index contributed by atoms with van der Waals surface area (Å²) in [7, 11) is 3.91. The van der Waals surface area contributed by atoms with E-state index in [1.165, 1.54) is 4.90 Å². The van der Waals surface area contributed by atoms with Crippen molar-refractivity contribution in [2.75, 3.05) is 35.3 Å². The summed E-state index contributed by atoms with van der Waals surface area (Å²) in [5.41, 5.74) is 6.27.